The summed E-state index contributed by atoms with van der Waals surface area (Å²) >= 11 is 0. The molecule has 0 aliphatic carbocycles. The molecule has 0 radical (unpaired) electrons. The lowest BCUT2D eigenvalue weighted by Crippen LogP contribution is -2.41. The second-order valence-corrected chi connectivity index (χ2v) is 5.37. The Morgan fingerprint density at radius 2 is 2.00 bits per heavy atom. The smallest absolute Gasteiger partial charge is 0.321 e. The molecule has 22 heavy (non-hydrogen) atoms. The Kier molecular flexibility index (Phi) is 4.27. The number of urea groups is 1. The van der Waals surface area contributed by atoms with E-state index >= 15 is 0 Å². The van der Waals surface area contributed by atoms with Gasteiger partial charge in [-0.15, -0.1) is 0 Å². The van der Waals surface area contributed by atoms with Gasteiger partial charge in [0.05, 0.1) is 19.0 Å². The van der Waals surface area contributed by atoms with Crippen LogP contribution in [0.15, 0.2) is 42.9 Å². The molecule has 1 aliphatic heterocycles. The summed E-state index contributed by atoms with van der Waals surface area (Å²) in [5.41, 5.74) is 0.679. The first kappa shape index (κ1) is 14.4. The Morgan fingerprint density at radius 1 is 1.27 bits per heavy atom. The van der Waals surface area contributed by atoms with Crippen molar-refractivity contribution in [2.24, 2.45) is 0 Å². The maximum atomic E-state index is 12.3. The number of piperidine rings is 1. The molecule has 1 fully saturated rings. The van der Waals surface area contributed by atoms with Crippen molar-refractivity contribution >= 4 is 11.7 Å². The molecular formula is C16H20N4O2. The molecule has 2 aromatic rings. The van der Waals surface area contributed by atoms with Crippen LogP contribution in [-0.2, 0) is 0 Å². The van der Waals surface area contributed by atoms with Gasteiger partial charge in [-0.1, -0.05) is 0 Å². The van der Waals surface area contributed by atoms with Gasteiger partial charge in [0.1, 0.15) is 0 Å². The molecule has 0 unspecified atom stereocenters. The molecule has 0 bridgehead atoms. The summed E-state index contributed by atoms with van der Waals surface area (Å²) in [5.74, 6) is 0.533. The summed E-state index contributed by atoms with van der Waals surface area (Å²) in [6.07, 6.45) is 7.72. The minimum Gasteiger partial charge on any atom is -0.481 e. The van der Waals surface area contributed by atoms with E-state index in [1.54, 1.807) is 25.4 Å². The summed E-state index contributed by atoms with van der Waals surface area (Å²) in [6, 6.07) is 8.01. The fraction of sp³-hybridized carbons (Fsp3) is 0.375. The fourth-order valence-electron chi connectivity index (χ4n) is 2.74. The first-order valence-corrected chi connectivity index (χ1v) is 7.44. The van der Waals surface area contributed by atoms with Gasteiger partial charge in [-0.3, -0.25) is 0 Å². The van der Waals surface area contributed by atoms with Crippen molar-refractivity contribution < 1.29 is 9.53 Å². The van der Waals surface area contributed by atoms with Crippen LogP contribution in [-0.4, -0.2) is 40.7 Å². The Morgan fingerprint density at radius 3 is 2.59 bits per heavy atom. The quantitative estimate of drug-likeness (QED) is 0.948. The average molecular weight is 300 g/mol. The average Bonchev–Trinajstić information content (AvgIpc) is 3.10. The molecule has 1 N–H and O–H groups in total. The van der Waals surface area contributed by atoms with Crippen molar-refractivity contribution in [1.29, 1.82) is 0 Å². The van der Waals surface area contributed by atoms with Crippen LogP contribution in [0, 0.1) is 0 Å². The highest BCUT2D eigenvalue weighted by atomic mass is 16.5. The van der Waals surface area contributed by atoms with E-state index in [1.165, 1.54) is 0 Å². The van der Waals surface area contributed by atoms with Gasteiger partial charge in [0, 0.05) is 37.6 Å². The van der Waals surface area contributed by atoms with Crippen LogP contribution < -0.4 is 10.1 Å². The minimum atomic E-state index is -0.0714. The number of ether oxygens (including phenoxy) is 1. The van der Waals surface area contributed by atoms with E-state index in [9.17, 15) is 4.79 Å². The van der Waals surface area contributed by atoms with E-state index in [1.807, 2.05) is 17.0 Å². The number of anilines is 1. The lowest BCUT2D eigenvalue weighted by molar-refractivity contribution is 0.184. The third-order valence-corrected chi connectivity index (χ3v) is 4.00. The number of amides is 2. The zero-order chi connectivity index (χ0) is 15.4. The third-order valence-electron chi connectivity index (χ3n) is 4.00. The van der Waals surface area contributed by atoms with Crippen molar-refractivity contribution in [2.75, 3.05) is 25.5 Å². The topological polar surface area (TPSA) is 59.4 Å². The Labute approximate surface area is 129 Å². The first-order chi connectivity index (χ1) is 10.8. The van der Waals surface area contributed by atoms with Gasteiger partial charge in [-0.05, 0) is 31.0 Å². The number of carbonyl (C=O) groups excluding carboxylic acids is 1. The second kappa shape index (κ2) is 6.51. The molecule has 0 saturated carbocycles. The van der Waals surface area contributed by atoms with Crippen molar-refractivity contribution in [1.82, 2.24) is 14.5 Å². The Bertz CT molecular complexity index is 602. The molecule has 0 aromatic carbocycles. The molecule has 6 heteroatoms. The molecular weight excluding hydrogens is 280 g/mol. The predicted molar refractivity (Wildman–Crippen MR) is 84.1 cm³/mol. The highest BCUT2D eigenvalue weighted by molar-refractivity contribution is 5.89. The molecule has 3 heterocycles. The van der Waals surface area contributed by atoms with Crippen LogP contribution in [0.5, 0.6) is 5.88 Å². The zero-order valence-electron chi connectivity index (χ0n) is 12.6. The van der Waals surface area contributed by atoms with Crippen LogP contribution in [0.4, 0.5) is 10.5 Å². The molecule has 3 rings (SSSR count). The largest absolute Gasteiger partial charge is 0.481 e. The zero-order valence-corrected chi connectivity index (χ0v) is 12.6. The van der Waals surface area contributed by atoms with E-state index in [-0.39, 0.29) is 6.03 Å². The third kappa shape index (κ3) is 3.21. The summed E-state index contributed by atoms with van der Waals surface area (Å²) < 4.78 is 7.23. The molecule has 2 aromatic heterocycles. The van der Waals surface area contributed by atoms with Crippen molar-refractivity contribution in [3.05, 3.63) is 42.9 Å². The number of aromatic nitrogens is 2. The molecule has 0 atom stereocenters. The molecule has 1 aliphatic rings. The first-order valence-electron chi connectivity index (χ1n) is 7.44. The predicted octanol–water partition coefficient (Wildman–Crippen LogP) is 2.76. The Balaban J connectivity index is 1.53. The van der Waals surface area contributed by atoms with Crippen LogP contribution in [0.2, 0.25) is 0 Å². The van der Waals surface area contributed by atoms with Gasteiger partial charge in [-0.2, -0.15) is 0 Å². The van der Waals surface area contributed by atoms with Crippen LogP contribution in [0.3, 0.4) is 0 Å². The summed E-state index contributed by atoms with van der Waals surface area (Å²) in [4.78, 5) is 18.2. The van der Waals surface area contributed by atoms with Crippen LogP contribution in [0.1, 0.15) is 18.9 Å². The number of nitrogens with zero attached hydrogens (tertiary/aromatic N) is 3. The summed E-state index contributed by atoms with van der Waals surface area (Å²) in [7, 11) is 1.56. The molecule has 116 valence electrons. The van der Waals surface area contributed by atoms with E-state index in [4.69, 9.17) is 4.74 Å². The lowest BCUT2D eigenvalue weighted by atomic mass is 10.1. The van der Waals surface area contributed by atoms with Gasteiger partial charge < -0.3 is 19.5 Å². The second-order valence-electron chi connectivity index (χ2n) is 5.37. The van der Waals surface area contributed by atoms with Gasteiger partial charge in [0.15, 0.2) is 0 Å². The number of carbonyl (C=O) groups is 1. The number of nitrogens with one attached hydrogen (secondary N) is 1. The maximum Gasteiger partial charge on any atom is 0.321 e. The van der Waals surface area contributed by atoms with Crippen molar-refractivity contribution in [3.8, 4) is 5.88 Å². The Hall–Kier alpha value is -2.50. The van der Waals surface area contributed by atoms with E-state index < -0.39 is 0 Å². The number of methoxy groups -OCH3 is 1. The standard InChI is InChI=1S/C16H20N4O2/c1-22-15-5-4-13(12-17-15)18-16(21)20-10-6-14(7-11-20)19-8-2-3-9-19/h2-5,8-9,12,14H,6-7,10-11H2,1H3,(H,18,21). The van der Waals surface area contributed by atoms with Crippen LogP contribution >= 0.6 is 0 Å². The number of hydrogen-bond donors (Lipinski definition) is 1. The van der Waals surface area contributed by atoms with Crippen molar-refractivity contribution in [2.45, 2.75) is 18.9 Å². The SMILES string of the molecule is COc1ccc(NC(=O)N2CCC(n3cccc3)CC2)cn1. The maximum absolute atomic E-state index is 12.3. The van der Waals surface area contributed by atoms with Gasteiger partial charge in [0.2, 0.25) is 5.88 Å². The number of pyridine rings is 1. The normalized spacial score (nSPS) is 15.6. The highest BCUT2D eigenvalue weighted by Gasteiger charge is 2.23. The molecule has 2 amide bonds. The molecule has 1 saturated heterocycles. The van der Waals surface area contributed by atoms with E-state index in [0.717, 1.165) is 25.9 Å². The minimum absolute atomic E-state index is 0.0714. The van der Waals surface area contributed by atoms with Gasteiger partial charge >= 0.3 is 6.03 Å². The number of rotatable bonds is 3. The molecule has 0 spiro atoms. The summed E-state index contributed by atoms with van der Waals surface area (Å²) in [6.45, 7) is 1.52. The van der Waals surface area contributed by atoms with Gasteiger partial charge in [0.25, 0.3) is 0 Å². The van der Waals surface area contributed by atoms with Crippen LogP contribution in [0.25, 0.3) is 0 Å². The number of hydrogen-bond acceptors (Lipinski definition) is 3. The monoisotopic (exact) mass is 300 g/mol. The molecule has 6 nitrogen and oxygen atoms in total. The number of likely N-dealkylation sites (tertiary alicyclic amines) is 1. The van der Waals surface area contributed by atoms with Gasteiger partial charge in [-0.25, -0.2) is 9.78 Å². The van der Waals surface area contributed by atoms with E-state index in [2.05, 4.69) is 27.3 Å². The van der Waals surface area contributed by atoms with E-state index in [0.29, 0.717) is 17.6 Å². The highest BCUT2D eigenvalue weighted by Crippen LogP contribution is 2.23. The lowest BCUT2D eigenvalue weighted by Gasteiger charge is -2.32. The summed E-state index contributed by atoms with van der Waals surface area (Å²) in [5, 5.41) is 2.87. The fourth-order valence-corrected chi connectivity index (χ4v) is 2.74. The van der Waals surface area contributed by atoms with Crippen molar-refractivity contribution in [3.63, 3.8) is 0 Å².